The Bertz CT molecular complexity index is 1670. The lowest BCUT2D eigenvalue weighted by molar-refractivity contribution is -0.156. The van der Waals surface area contributed by atoms with E-state index in [1.165, 1.54) is 38.5 Å². The number of thioether (sulfide) groups is 2. The van der Waals surface area contributed by atoms with Crippen molar-refractivity contribution in [2.24, 2.45) is 11.8 Å². The molecule has 0 bridgehead atoms. The van der Waals surface area contributed by atoms with E-state index < -0.39 is 71.4 Å². The first-order valence-corrected chi connectivity index (χ1v) is 22.2. The van der Waals surface area contributed by atoms with Crippen LogP contribution in [0.5, 0.6) is 0 Å². The molecule has 0 unspecified atom stereocenters. The lowest BCUT2D eigenvalue weighted by Crippen LogP contribution is -2.58. The maximum absolute atomic E-state index is 14.3. The van der Waals surface area contributed by atoms with E-state index in [9.17, 15) is 37.5 Å². The predicted molar refractivity (Wildman–Crippen MR) is 215 cm³/mol. The van der Waals surface area contributed by atoms with E-state index in [-0.39, 0.29) is 48.2 Å². The van der Waals surface area contributed by atoms with Gasteiger partial charge in [-0.15, -0.1) is 23.5 Å². The van der Waals surface area contributed by atoms with Gasteiger partial charge >= 0.3 is 11.9 Å². The number of carbonyl (C=O) groups is 6. The zero-order valence-corrected chi connectivity index (χ0v) is 34.5. The van der Waals surface area contributed by atoms with E-state index >= 15 is 0 Å². The quantitative estimate of drug-likeness (QED) is 0.270. The summed E-state index contributed by atoms with van der Waals surface area (Å²) in [7, 11) is 2.59. The highest BCUT2D eigenvalue weighted by Crippen LogP contribution is 2.36. The standard InChI is InChI=1S/C42H52F2N4O8S2/c1-55-41(53)33-5-3-7-35-47(33)39(51)31(19-21-57-35)45-37(49)27(23-25-9-15-29(43)16-10-25)13-14-28(24-26-11-17-30(44)18-12-26)38(50)46-32-20-22-58-36-8-4-6-34(42(54)56-2)48(36)40(32)52/h9-12,15-18,27-28,31-36H,3-8,13-14,19-24H2,1-2H3,(H,45,49)(H,46,50)/t27-,28-,31+,32+,33+,34+,35+,36+/m1/s1. The van der Waals surface area contributed by atoms with Crippen LogP contribution in [0.4, 0.5) is 8.78 Å². The number of benzene rings is 2. The number of hydrogen-bond donors (Lipinski definition) is 2. The van der Waals surface area contributed by atoms with Gasteiger partial charge in [0.1, 0.15) is 35.8 Å². The molecule has 4 heterocycles. The summed E-state index contributed by atoms with van der Waals surface area (Å²) in [6.07, 6.45) is 5.39. The van der Waals surface area contributed by atoms with Gasteiger partial charge in [0.25, 0.3) is 0 Å². The second-order valence-corrected chi connectivity index (χ2v) is 18.0. The number of rotatable bonds is 13. The average Bonchev–Trinajstić information content (AvgIpc) is 3.49. The number of esters is 2. The molecule has 0 radical (unpaired) electrons. The first-order valence-electron chi connectivity index (χ1n) is 20.1. The van der Waals surface area contributed by atoms with E-state index in [2.05, 4.69) is 10.6 Å². The largest absolute Gasteiger partial charge is 0.467 e. The van der Waals surface area contributed by atoms with Crippen molar-refractivity contribution in [2.45, 2.75) is 112 Å². The number of methoxy groups -OCH3 is 2. The van der Waals surface area contributed by atoms with E-state index in [0.717, 1.165) is 25.7 Å². The highest BCUT2D eigenvalue weighted by molar-refractivity contribution is 8.00. The Morgan fingerprint density at radius 3 is 1.38 bits per heavy atom. The van der Waals surface area contributed by atoms with Crippen LogP contribution >= 0.6 is 23.5 Å². The topological polar surface area (TPSA) is 151 Å². The van der Waals surface area contributed by atoms with Crippen molar-refractivity contribution in [1.82, 2.24) is 20.4 Å². The van der Waals surface area contributed by atoms with Crippen LogP contribution in [0.25, 0.3) is 0 Å². The fourth-order valence-corrected chi connectivity index (χ4v) is 11.3. The summed E-state index contributed by atoms with van der Waals surface area (Å²) in [6.45, 7) is 0. The average molecular weight is 843 g/mol. The van der Waals surface area contributed by atoms with Crippen molar-refractivity contribution >= 4 is 59.1 Å². The van der Waals surface area contributed by atoms with E-state index in [1.54, 1.807) is 57.6 Å². The summed E-state index contributed by atoms with van der Waals surface area (Å²) in [5.74, 6) is -3.70. The van der Waals surface area contributed by atoms with Crippen LogP contribution in [-0.2, 0) is 51.1 Å². The van der Waals surface area contributed by atoms with Crippen molar-refractivity contribution in [1.29, 1.82) is 0 Å². The number of halogens is 2. The zero-order valence-electron chi connectivity index (χ0n) is 32.9. The lowest BCUT2D eigenvalue weighted by atomic mass is 9.86. The molecule has 0 spiro atoms. The molecule has 4 aliphatic heterocycles. The molecule has 4 saturated heterocycles. The van der Waals surface area contributed by atoms with Crippen LogP contribution in [0.1, 0.15) is 75.3 Å². The Morgan fingerprint density at radius 1 is 0.638 bits per heavy atom. The van der Waals surface area contributed by atoms with E-state index in [0.29, 0.717) is 48.3 Å². The van der Waals surface area contributed by atoms with Crippen LogP contribution in [-0.4, -0.2) is 106 Å². The minimum Gasteiger partial charge on any atom is -0.467 e. The van der Waals surface area contributed by atoms with Gasteiger partial charge in [-0.05, 0) is 124 Å². The van der Waals surface area contributed by atoms with Crippen molar-refractivity contribution in [3.8, 4) is 0 Å². The SMILES string of the molecule is COC(=O)[C@@H]1CCC[C@@H]2SCC[C@H](NC(=O)[C@H](CC[C@H](Cc3ccc(F)cc3)C(=O)N[C@H]3CCS[C@H]4CCC[C@@H](C(=O)OC)N4C3=O)Cc3ccc(F)cc3)C(=O)N21. The zero-order chi connectivity index (χ0) is 41.3. The number of piperidine rings is 2. The van der Waals surface area contributed by atoms with E-state index in [4.69, 9.17) is 9.47 Å². The van der Waals surface area contributed by atoms with Gasteiger partial charge in [0.05, 0.1) is 25.0 Å². The van der Waals surface area contributed by atoms with Gasteiger partial charge in [-0.2, -0.15) is 0 Å². The molecule has 314 valence electrons. The maximum Gasteiger partial charge on any atom is 0.328 e. The van der Waals surface area contributed by atoms with Gasteiger partial charge in [0, 0.05) is 11.8 Å². The summed E-state index contributed by atoms with van der Waals surface area (Å²) in [5.41, 5.74) is 1.37. The maximum atomic E-state index is 14.3. The Balaban J connectivity index is 1.22. The summed E-state index contributed by atoms with van der Waals surface area (Å²) in [5, 5.41) is 5.54. The third-order valence-electron chi connectivity index (χ3n) is 11.7. The summed E-state index contributed by atoms with van der Waals surface area (Å²) < 4.78 is 37.9. The number of hydrogen-bond acceptors (Lipinski definition) is 10. The second kappa shape index (κ2) is 20.2. The first kappa shape index (κ1) is 43.4. The molecule has 0 saturated carbocycles. The first-order chi connectivity index (χ1) is 28.0. The third-order valence-corrected chi connectivity index (χ3v) is 14.3. The highest BCUT2D eigenvalue weighted by Gasteiger charge is 2.45. The summed E-state index contributed by atoms with van der Waals surface area (Å²) in [4.78, 5) is 85.4. The molecule has 6 rings (SSSR count). The van der Waals surface area contributed by atoms with Gasteiger partial charge in [0.15, 0.2) is 0 Å². The highest BCUT2D eigenvalue weighted by atomic mass is 32.2. The number of ether oxygens (including phenoxy) is 2. The predicted octanol–water partition coefficient (Wildman–Crippen LogP) is 4.77. The van der Waals surface area contributed by atoms with Crippen LogP contribution in [0, 0.1) is 23.5 Å². The van der Waals surface area contributed by atoms with Crippen LogP contribution in [0.15, 0.2) is 48.5 Å². The van der Waals surface area contributed by atoms with Gasteiger partial charge in [0.2, 0.25) is 23.6 Å². The van der Waals surface area contributed by atoms with Gasteiger partial charge in [-0.25, -0.2) is 18.4 Å². The molecule has 12 nitrogen and oxygen atoms in total. The Labute approximate surface area is 346 Å². The molecule has 4 fully saturated rings. The molecular formula is C42H52F2N4O8S2. The molecule has 58 heavy (non-hydrogen) atoms. The summed E-state index contributed by atoms with van der Waals surface area (Å²) in [6, 6.07) is 8.34. The fourth-order valence-electron chi connectivity index (χ4n) is 8.54. The van der Waals surface area contributed by atoms with Gasteiger partial charge in [-0.3, -0.25) is 19.2 Å². The van der Waals surface area contributed by atoms with Crippen molar-refractivity contribution in [3.05, 3.63) is 71.3 Å². The molecule has 8 atom stereocenters. The molecule has 0 aromatic heterocycles. The molecular weight excluding hydrogens is 791 g/mol. The second-order valence-electron chi connectivity index (χ2n) is 15.4. The number of carbonyl (C=O) groups excluding carboxylic acids is 6. The Hall–Kier alpha value is -4.18. The van der Waals surface area contributed by atoms with Crippen molar-refractivity contribution < 1.29 is 47.0 Å². The number of amides is 4. The Kier molecular flexibility index (Phi) is 15.1. The minimum absolute atomic E-state index is 0.183. The molecule has 2 aromatic carbocycles. The number of nitrogens with zero attached hydrogens (tertiary/aromatic N) is 2. The molecule has 2 aromatic rings. The third kappa shape index (κ3) is 10.5. The molecule has 4 amide bonds. The molecule has 0 aliphatic carbocycles. The van der Waals surface area contributed by atoms with Crippen molar-refractivity contribution in [3.63, 3.8) is 0 Å². The molecule has 2 N–H and O–H groups in total. The monoisotopic (exact) mass is 842 g/mol. The Morgan fingerprint density at radius 2 is 1.02 bits per heavy atom. The molecule has 16 heteroatoms. The van der Waals surface area contributed by atoms with E-state index in [1.807, 2.05) is 0 Å². The smallest absolute Gasteiger partial charge is 0.328 e. The lowest BCUT2D eigenvalue weighted by Gasteiger charge is -2.40. The van der Waals surface area contributed by atoms with Gasteiger partial charge in [-0.1, -0.05) is 24.3 Å². The van der Waals surface area contributed by atoms with Crippen LogP contribution < -0.4 is 10.6 Å². The number of nitrogens with one attached hydrogen (secondary N) is 2. The van der Waals surface area contributed by atoms with Gasteiger partial charge < -0.3 is 29.9 Å². The minimum atomic E-state index is -0.893. The fraction of sp³-hybridized carbons (Fsp3) is 0.571. The number of fused-ring (bicyclic) bond motifs is 2. The summed E-state index contributed by atoms with van der Waals surface area (Å²) >= 11 is 3.16. The normalized spacial score (nSPS) is 25.9. The van der Waals surface area contributed by atoms with Crippen LogP contribution in [0.3, 0.4) is 0 Å². The molecule has 4 aliphatic rings. The van der Waals surface area contributed by atoms with Crippen LogP contribution in [0.2, 0.25) is 0 Å². The van der Waals surface area contributed by atoms with Crippen molar-refractivity contribution in [2.75, 3.05) is 25.7 Å².